The molecule has 19 heavy (non-hydrogen) atoms. The van der Waals surface area contributed by atoms with Crippen molar-refractivity contribution < 1.29 is 14.3 Å². The van der Waals surface area contributed by atoms with Gasteiger partial charge in [-0.25, -0.2) is 4.79 Å². The van der Waals surface area contributed by atoms with Gasteiger partial charge < -0.3 is 9.47 Å². The summed E-state index contributed by atoms with van der Waals surface area (Å²) in [4.78, 5) is 12.2. The molecule has 1 aromatic carbocycles. The van der Waals surface area contributed by atoms with Crippen LogP contribution >= 0.6 is 0 Å². The van der Waals surface area contributed by atoms with Gasteiger partial charge in [0.1, 0.15) is 0 Å². The van der Waals surface area contributed by atoms with Gasteiger partial charge in [-0.05, 0) is 37.3 Å². The van der Waals surface area contributed by atoms with Gasteiger partial charge in [0.15, 0.2) is 6.10 Å². The summed E-state index contributed by atoms with van der Waals surface area (Å²) in [6.07, 6.45) is 2.82. The van der Waals surface area contributed by atoms with Crippen molar-refractivity contribution in [1.82, 2.24) is 0 Å². The molecule has 1 fully saturated rings. The average molecular weight is 258 g/mol. The van der Waals surface area contributed by atoms with Gasteiger partial charge in [0, 0.05) is 6.61 Å². The highest BCUT2D eigenvalue weighted by Crippen LogP contribution is 2.40. The molecule has 1 saturated carbocycles. The van der Waals surface area contributed by atoms with Crippen molar-refractivity contribution in [3.05, 3.63) is 41.5 Å². The van der Waals surface area contributed by atoms with E-state index in [9.17, 15) is 4.79 Å². The molecule has 0 bridgehead atoms. The van der Waals surface area contributed by atoms with Crippen LogP contribution in [0, 0.1) is 0 Å². The van der Waals surface area contributed by atoms with Crippen LogP contribution in [-0.2, 0) is 14.3 Å². The zero-order valence-corrected chi connectivity index (χ0v) is 11.1. The molecule has 2 unspecified atom stereocenters. The average Bonchev–Trinajstić information content (AvgIpc) is 2.77. The molecule has 0 aromatic heterocycles. The van der Waals surface area contributed by atoms with Crippen LogP contribution in [0.3, 0.4) is 0 Å². The van der Waals surface area contributed by atoms with Crippen molar-refractivity contribution in [1.29, 1.82) is 0 Å². The predicted molar refractivity (Wildman–Crippen MR) is 72.5 cm³/mol. The van der Waals surface area contributed by atoms with Crippen molar-refractivity contribution in [2.45, 2.75) is 38.4 Å². The third-order valence-electron chi connectivity index (χ3n) is 3.82. The molecule has 0 N–H and O–H groups in total. The number of hydrogen-bond donors (Lipinski definition) is 0. The Morgan fingerprint density at radius 2 is 2.11 bits per heavy atom. The molecule has 3 nitrogen and oxygen atoms in total. The van der Waals surface area contributed by atoms with Crippen LogP contribution < -0.4 is 0 Å². The minimum Gasteiger partial charge on any atom is -0.451 e. The fourth-order valence-electron chi connectivity index (χ4n) is 3.02. The molecule has 0 radical (unpaired) electrons. The van der Waals surface area contributed by atoms with Gasteiger partial charge in [0.25, 0.3) is 0 Å². The summed E-state index contributed by atoms with van der Waals surface area (Å²) in [6, 6.07) is 9.79. The third-order valence-corrected chi connectivity index (χ3v) is 3.82. The number of rotatable bonds is 3. The van der Waals surface area contributed by atoms with Crippen LogP contribution in [0.1, 0.15) is 31.7 Å². The van der Waals surface area contributed by atoms with Crippen molar-refractivity contribution in [2.24, 2.45) is 0 Å². The number of benzene rings is 1. The third kappa shape index (κ3) is 2.19. The maximum Gasteiger partial charge on any atom is 0.339 e. The van der Waals surface area contributed by atoms with Crippen LogP contribution in [0.25, 0.3) is 5.57 Å². The van der Waals surface area contributed by atoms with Gasteiger partial charge in [-0.3, -0.25) is 0 Å². The lowest BCUT2D eigenvalue weighted by atomic mass is 9.86. The smallest absolute Gasteiger partial charge is 0.339 e. The van der Waals surface area contributed by atoms with Crippen LogP contribution in [0.5, 0.6) is 0 Å². The van der Waals surface area contributed by atoms with E-state index in [1.807, 2.05) is 37.3 Å². The fourth-order valence-corrected chi connectivity index (χ4v) is 3.02. The molecule has 0 saturated heterocycles. The lowest BCUT2D eigenvalue weighted by molar-refractivity contribution is -0.145. The second-order valence-corrected chi connectivity index (χ2v) is 4.98. The van der Waals surface area contributed by atoms with Gasteiger partial charge in [-0.1, -0.05) is 30.3 Å². The van der Waals surface area contributed by atoms with Gasteiger partial charge in [0.2, 0.25) is 0 Å². The van der Waals surface area contributed by atoms with Crippen molar-refractivity contribution in [2.75, 3.05) is 6.61 Å². The van der Waals surface area contributed by atoms with E-state index in [1.54, 1.807) is 0 Å². The summed E-state index contributed by atoms with van der Waals surface area (Å²) >= 11 is 0. The Bertz CT molecular complexity index is 502. The molecule has 3 rings (SSSR count). The Morgan fingerprint density at radius 1 is 1.32 bits per heavy atom. The Hall–Kier alpha value is -1.61. The predicted octanol–water partition coefficient (Wildman–Crippen LogP) is 2.95. The summed E-state index contributed by atoms with van der Waals surface area (Å²) in [6.45, 7) is 2.64. The Morgan fingerprint density at radius 3 is 2.84 bits per heavy atom. The Labute approximate surface area is 113 Å². The van der Waals surface area contributed by atoms with E-state index in [0.717, 1.165) is 36.0 Å². The Balaban J connectivity index is 1.98. The van der Waals surface area contributed by atoms with E-state index in [-0.39, 0.29) is 18.2 Å². The van der Waals surface area contributed by atoms with E-state index < -0.39 is 0 Å². The minimum absolute atomic E-state index is 0.0268. The van der Waals surface area contributed by atoms with Gasteiger partial charge >= 0.3 is 5.97 Å². The van der Waals surface area contributed by atoms with Crippen molar-refractivity contribution >= 4 is 11.5 Å². The van der Waals surface area contributed by atoms with Crippen LogP contribution in [-0.4, -0.2) is 24.8 Å². The van der Waals surface area contributed by atoms with Crippen molar-refractivity contribution in [3.8, 4) is 0 Å². The van der Waals surface area contributed by atoms with E-state index in [0.29, 0.717) is 6.61 Å². The molecule has 0 amide bonds. The fraction of sp³-hybridized carbons (Fsp3) is 0.438. The first-order chi connectivity index (χ1) is 9.31. The van der Waals surface area contributed by atoms with Gasteiger partial charge in [-0.2, -0.15) is 0 Å². The summed E-state index contributed by atoms with van der Waals surface area (Å²) in [7, 11) is 0. The number of hydrogen-bond acceptors (Lipinski definition) is 3. The lowest BCUT2D eigenvalue weighted by Crippen LogP contribution is -2.34. The molecule has 2 atom stereocenters. The second kappa shape index (κ2) is 5.17. The maximum atomic E-state index is 12.2. The van der Waals surface area contributed by atoms with Crippen molar-refractivity contribution in [3.63, 3.8) is 0 Å². The Kier molecular flexibility index (Phi) is 3.38. The molecule has 1 heterocycles. The highest BCUT2D eigenvalue weighted by molar-refractivity contribution is 6.19. The van der Waals surface area contributed by atoms with Crippen LogP contribution in [0.2, 0.25) is 0 Å². The van der Waals surface area contributed by atoms with Crippen LogP contribution in [0.15, 0.2) is 35.9 Å². The molecule has 0 spiro atoms. The first kappa shape index (κ1) is 12.4. The monoisotopic (exact) mass is 258 g/mol. The molecule has 1 aromatic rings. The van der Waals surface area contributed by atoms with E-state index in [1.165, 1.54) is 0 Å². The second-order valence-electron chi connectivity index (χ2n) is 4.98. The molecular formula is C16H18O3. The number of fused-ring (bicyclic) bond motifs is 1. The minimum atomic E-state index is -0.196. The van der Waals surface area contributed by atoms with Crippen LogP contribution in [0.4, 0.5) is 0 Å². The summed E-state index contributed by atoms with van der Waals surface area (Å²) in [5.41, 5.74) is 2.85. The van der Waals surface area contributed by atoms with E-state index >= 15 is 0 Å². The first-order valence-corrected chi connectivity index (χ1v) is 6.92. The zero-order valence-electron chi connectivity index (χ0n) is 11.1. The quantitative estimate of drug-likeness (QED) is 0.782. The highest BCUT2D eigenvalue weighted by Gasteiger charge is 2.41. The number of esters is 1. The summed E-state index contributed by atoms with van der Waals surface area (Å²) < 4.78 is 11.3. The molecule has 100 valence electrons. The molecule has 1 aliphatic carbocycles. The largest absolute Gasteiger partial charge is 0.451 e. The number of ether oxygens (including phenoxy) is 2. The zero-order chi connectivity index (χ0) is 13.2. The van der Waals surface area contributed by atoms with E-state index in [2.05, 4.69) is 0 Å². The molecular weight excluding hydrogens is 240 g/mol. The number of carbonyl (C=O) groups excluding carboxylic acids is 1. The molecule has 3 heteroatoms. The number of carbonyl (C=O) groups is 1. The first-order valence-electron chi connectivity index (χ1n) is 6.92. The van der Waals surface area contributed by atoms with Gasteiger partial charge in [0.05, 0.1) is 11.7 Å². The topological polar surface area (TPSA) is 35.5 Å². The van der Waals surface area contributed by atoms with E-state index in [4.69, 9.17) is 9.47 Å². The standard InChI is InChI=1S/C16H18O3/c1-2-18-13-10-6-9-12-14(16(17)19-15(12)13)11-7-4-3-5-8-11/h3-5,7-8,13,15H,2,6,9-10H2,1H3. The molecule has 1 aliphatic heterocycles. The molecule has 2 aliphatic rings. The lowest BCUT2D eigenvalue weighted by Gasteiger charge is -2.29. The highest BCUT2D eigenvalue weighted by atomic mass is 16.6. The summed E-state index contributed by atoms with van der Waals surface area (Å²) in [5, 5.41) is 0. The normalized spacial score (nSPS) is 26.3. The maximum absolute atomic E-state index is 12.2. The SMILES string of the molecule is CCOC1CCCC2=C(c3ccccc3)C(=O)OC21. The van der Waals surface area contributed by atoms with Gasteiger partial charge in [-0.15, -0.1) is 0 Å². The summed E-state index contributed by atoms with van der Waals surface area (Å²) in [5.74, 6) is -0.196.